The minimum Gasteiger partial charge on any atom is -0.341 e. The predicted octanol–water partition coefficient (Wildman–Crippen LogP) is 1.56. The molecule has 0 bridgehead atoms. The molecule has 1 saturated heterocycles. The van der Waals surface area contributed by atoms with E-state index in [0.717, 1.165) is 25.9 Å². The van der Waals surface area contributed by atoms with E-state index in [0.29, 0.717) is 0 Å². The maximum absolute atomic E-state index is 11.3. The van der Waals surface area contributed by atoms with Gasteiger partial charge in [0.15, 0.2) is 0 Å². The van der Waals surface area contributed by atoms with E-state index in [4.69, 9.17) is 0 Å². The summed E-state index contributed by atoms with van der Waals surface area (Å²) < 4.78 is 0. The molecule has 62 valence electrons. The Morgan fingerprint density at radius 2 is 2.55 bits per heavy atom. The first-order valence-corrected chi connectivity index (χ1v) is 4.71. The molecule has 1 unspecified atom stereocenters. The zero-order chi connectivity index (χ0) is 8.27. The third-order valence-electron chi connectivity index (χ3n) is 1.84. The Labute approximate surface area is 75.4 Å². The lowest BCUT2D eigenvalue weighted by molar-refractivity contribution is -0.127. The quantitative estimate of drug-likeness (QED) is 0.520. The second kappa shape index (κ2) is 3.90. The zero-order valence-corrected chi connectivity index (χ0v) is 8.01. The number of likely N-dealkylation sites (tertiary alicyclic amines) is 1. The fourth-order valence-electron chi connectivity index (χ4n) is 1.17. The molecule has 0 aromatic rings. The first-order valence-electron chi connectivity index (χ1n) is 3.79. The van der Waals surface area contributed by atoms with Crippen molar-refractivity contribution < 1.29 is 4.79 Å². The van der Waals surface area contributed by atoms with Crippen molar-refractivity contribution in [3.63, 3.8) is 0 Å². The Kier molecular flexibility index (Phi) is 3.12. The Morgan fingerprint density at radius 1 is 1.82 bits per heavy atom. The number of alkyl halides is 1. The SMILES string of the molecule is C=CCCN1CCC(Br)C1=O. The van der Waals surface area contributed by atoms with Crippen LogP contribution in [0, 0.1) is 0 Å². The van der Waals surface area contributed by atoms with Crippen LogP contribution in [0.3, 0.4) is 0 Å². The third kappa shape index (κ3) is 2.06. The Bertz CT molecular complexity index is 169. The zero-order valence-electron chi connectivity index (χ0n) is 6.42. The van der Waals surface area contributed by atoms with Gasteiger partial charge in [-0.05, 0) is 12.8 Å². The lowest BCUT2D eigenvalue weighted by Gasteiger charge is -2.13. The van der Waals surface area contributed by atoms with E-state index in [-0.39, 0.29) is 10.7 Å². The molecule has 0 aromatic carbocycles. The van der Waals surface area contributed by atoms with Gasteiger partial charge in [0.2, 0.25) is 5.91 Å². The van der Waals surface area contributed by atoms with Gasteiger partial charge in [-0.3, -0.25) is 4.79 Å². The number of carbonyl (C=O) groups excluding carboxylic acids is 1. The Hall–Kier alpha value is -0.310. The number of halogens is 1. The van der Waals surface area contributed by atoms with Gasteiger partial charge in [-0.2, -0.15) is 0 Å². The average molecular weight is 218 g/mol. The van der Waals surface area contributed by atoms with Gasteiger partial charge in [-0.15, -0.1) is 6.58 Å². The predicted molar refractivity (Wildman–Crippen MR) is 48.7 cm³/mol. The molecular formula is C8H12BrNO. The van der Waals surface area contributed by atoms with Crippen LogP contribution in [-0.4, -0.2) is 28.7 Å². The fraction of sp³-hybridized carbons (Fsp3) is 0.625. The van der Waals surface area contributed by atoms with E-state index >= 15 is 0 Å². The van der Waals surface area contributed by atoms with Crippen LogP contribution in [0.25, 0.3) is 0 Å². The molecular weight excluding hydrogens is 206 g/mol. The lowest BCUT2D eigenvalue weighted by Crippen LogP contribution is -2.28. The van der Waals surface area contributed by atoms with Gasteiger partial charge in [-0.25, -0.2) is 0 Å². The van der Waals surface area contributed by atoms with Crippen molar-refractivity contribution >= 4 is 21.8 Å². The molecule has 2 nitrogen and oxygen atoms in total. The molecule has 1 aliphatic rings. The van der Waals surface area contributed by atoms with Crippen molar-refractivity contribution in [3.05, 3.63) is 12.7 Å². The summed E-state index contributed by atoms with van der Waals surface area (Å²) >= 11 is 3.32. The van der Waals surface area contributed by atoms with Gasteiger partial charge >= 0.3 is 0 Å². The minimum atomic E-state index is 0.0623. The maximum atomic E-state index is 11.3. The summed E-state index contributed by atoms with van der Waals surface area (Å²) in [6, 6.07) is 0. The molecule has 1 atom stereocenters. The second-order valence-electron chi connectivity index (χ2n) is 2.66. The van der Waals surface area contributed by atoms with Gasteiger partial charge in [0.05, 0.1) is 4.83 Å². The molecule has 1 amide bonds. The van der Waals surface area contributed by atoms with Crippen molar-refractivity contribution in [2.75, 3.05) is 13.1 Å². The van der Waals surface area contributed by atoms with Crippen LogP contribution in [0.5, 0.6) is 0 Å². The number of nitrogens with zero attached hydrogens (tertiary/aromatic N) is 1. The van der Waals surface area contributed by atoms with E-state index in [1.165, 1.54) is 0 Å². The molecule has 1 heterocycles. The highest BCUT2D eigenvalue weighted by Crippen LogP contribution is 2.18. The molecule has 0 spiro atoms. The van der Waals surface area contributed by atoms with Gasteiger partial charge in [0.25, 0.3) is 0 Å². The summed E-state index contributed by atoms with van der Waals surface area (Å²) in [6.07, 6.45) is 3.68. The van der Waals surface area contributed by atoms with Crippen LogP contribution < -0.4 is 0 Å². The van der Waals surface area contributed by atoms with E-state index in [9.17, 15) is 4.79 Å². The largest absolute Gasteiger partial charge is 0.341 e. The van der Waals surface area contributed by atoms with Crippen LogP contribution in [0.1, 0.15) is 12.8 Å². The van der Waals surface area contributed by atoms with Crippen molar-refractivity contribution in [1.82, 2.24) is 4.90 Å². The molecule has 0 N–H and O–H groups in total. The number of amides is 1. The number of hydrogen-bond donors (Lipinski definition) is 0. The van der Waals surface area contributed by atoms with Crippen LogP contribution in [0.4, 0.5) is 0 Å². The van der Waals surface area contributed by atoms with Crippen LogP contribution in [-0.2, 0) is 4.79 Å². The van der Waals surface area contributed by atoms with Crippen LogP contribution in [0.15, 0.2) is 12.7 Å². The molecule has 0 radical (unpaired) electrons. The van der Waals surface area contributed by atoms with E-state index in [2.05, 4.69) is 22.5 Å². The number of carbonyl (C=O) groups is 1. The standard InChI is InChI=1S/C8H12BrNO/c1-2-3-5-10-6-4-7(9)8(10)11/h2,7H,1,3-6H2. The van der Waals surface area contributed by atoms with Crippen molar-refractivity contribution in [2.45, 2.75) is 17.7 Å². The highest BCUT2D eigenvalue weighted by Gasteiger charge is 2.28. The first kappa shape index (κ1) is 8.78. The van der Waals surface area contributed by atoms with E-state index < -0.39 is 0 Å². The van der Waals surface area contributed by atoms with Gasteiger partial charge < -0.3 is 4.90 Å². The average Bonchev–Trinajstić information content (AvgIpc) is 2.31. The number of rotatable bonds is 3. The van der Waals surface area contributed by atoms with Gasteiger partial charge in [-0.1, -0.05) is 22.0 Å². The molecule has 1 aliphatic heterocycles. The molecule has 0 saturated carbocycles. The van der Waals surface area contributed by atoms with Crippen molar-refractivity contribution in [1.29, 1.82) is 0 Å². The van der Waals surface area contributed by atoms with Gasteiger partial charge in [0.1, 0.15) is 0 Å². The Balaban J connectivity index is 2.36. The highest BCUT2D eigenvalue weighted by atomic mass is 79.9. The van der Waals surface area contributed by atoms with E-state index in [1.807, 2.05) is 11.0 Å². The summed E-state index contributed by atoms with van der Waals surface area (Å²) in [5.74, 6) is 0.229. The molecule has 0 aromatic heterocycles. The van der Waals surface area contributed by atoms with Crippen molar-refractivity contribution in [2.24, 2.45) is 0 Å². The summed E-state index contributed by atoms with van der Waals surface area (Å²) in [6.45, 7) is 5.33. The van der Waals surface area contributed by atoms with Crippen molar-refractivity contribution in [3.8, 4) is 0 Å². The molecule has 11 heavy (non-hydrogen) atoms. The smallest absolute Gasteiger partial charge is 0.236 e. The minimum absolute atomic E-state index is 0.0623. The summed E-state index contributed by atoms with van der Waals surface area (Å²) in [5, 5.41) is 0. The monoisotopic (exact) mass is 217 g/mol. The Morgan fingerprint density at radius 3 is 3.00 bits per heavy atom. The van der Waals surface area contributed by atoms with Gasteiger partial charge in [0, 0.05) is 13.1 Å². The molecule has 3 heteroatoms. The summed E-state index contributed by atoms with van der Waals surface area (Å²) in [5.41, 5.74) is 0. The topological polar surface area (TPSA) is 20.3 Å². The number of hydrogen-bond acceptors (Lipinski definition) is 1. The fourth-order valence-corrected chi connectivity index (χ4v) is 1.66. The lowest BCUT2D eigenvalue weighted by atomic mass is 10.4. The second-order valence-corrected chi connectivity index (χ2v) is 3.76. The first-order chi connectivity index (χ1) is 5.25. The maximum Gasteiger partial charge on any atom is 0.236 e. The molecule has 0 aliphatic carbocycles. The molecule has 1 rings (SSSR count). The van der Waals surface area contributed by atoms with Crippen LogP contribution >= 0.6 is 15.9 Å². The van der Waals surface area contributed by atoms with Crippen LogP contribution in [0.2, 0.25) is 0 Å². The summed E-state index contributed by atoms with van der Waals surface area (Å²) in [4.78, 5) is 13.2. The third-order valence-corrected chi connectivity index (χ3v) is 2.68. The highest BCUT2D eigenvalue weighted by molar-refractivity contribution is 9.10. The molecule has 1 fully saturated rings. The van der Waals surface area contributed by atoms with E-state index in [1.54, 1.807) is 0 Å². The normalized spacial score (nSPS) is 24.3. The summed E-state index contributed by atoms with van der Waals surface area (Å²) in [7, 11) is 0.